The highest BCUT2D eigenvalue weighted by atomic mass is 16.7. The number of rotatable bonds is 4. The van der Waals surface area contributed by atoms with E-state index in [2.05, 4.69) is 5.32 Å². The van der Waals surface area contributed by atoms with Gasteiger partial charge < -0.3 is 19.5 Å². The van der Waals surface area contributed by atoms with Gasteiger partial charge in [0.15, 0.2) is 11.5 Å². The van der Waals surface area contributed by atoms with Crippen LogP contribution in [-0.4, -0.2) is 24.7 Å². The minimum Gasteiger partial charge on any atom is -0.495 e. The molecule has 1 aliphatic heterocycles. The first-order valence-corrected chi connectivity index (χ1v) is 6.62. The standard InChI is InChI=1S/C15H12N2O6/c1-21-12-5-3-2-4-10(12)16-15(18)9-6-13-14(23-8-22-13)7-11(9)17(19)20/h2-7H,8H2,1H3,(H,16,18). The SMILES string of the molecule is COc1ccccc1NC(=O)c1cc2c(cc1[N+](=O)[O-])OCO2. The largest absolute Gasteiger partial charge is 0.495 e. The molecule has 0 fully saturated rings. The third kappa shape index (κ3) is 2.73. The Kier molecular flexibility index (Phi) is 3.71. The fourth-order valence-corrected chi connectivity index (χ4v) is 2.20. The van der Waals surface area contributed by atoms with E-state index in [1.54, 1.807) is 24.3 Å². The average molecular weight is 316 g/mol. The molecule has 1 heterocycles. The predicted octanol–water partition coefficient (Wildman–Crippen LogP) is 2.58. The molecule has 0 unspecified atom stereocenters. The summed E-state index contributed by atoms with van der Waals surface area (Å²) >= 11 is 0. The van der Waals surface area contributed by atoms with Gasteiger partial charge in [0.1, 0.15) is 11.3 Å². The summed E-state index contributed by atoms with van der Waals surface area (Å²) in [4.78, 5) is 23.0. The zero-order valence-electron chi connectivity index (χ0n) is 12.1. The molecule has 1 N–H and O–H groups in total. The third-order valence-corrected chi connectivity index (χ3v) is 3.29. The maximum absolute atomic E-state index is 12.4. The highest BCUT2D eigenvalue weighted by Crippen LogP contribution is 2.38. The van der Waals surface area contributed by atoms with Crippen molar-refractivity contribution in [3.8, 4) is 17.2 Å². The zero-order chi connectivity index (χ0) is 16.4. The summed E-state index contributed by atoms with van der Waals surface area (Å²) in [7, 11) is 1.47. The number of hydrogen-bond donors (Lipinski definition) is 1. The highest BCUT2D eigenvalue weighted by Gasteiger charge is 2.27. The van der Waals surface area contributed by atoms with Crippen LogP contribution in [0.4, 0.5) is 11.4 Å². The van der Waals surface area contributed by atoms with Crippen molar-refractivity contribution in [1.29, 1.82) is 0 Å². The third-order valence-electron chi connectivity index (χ3n) is 3.29. The minimum absolute atomic E-state index is 0.0376. The Bertz CT molecular complexity index is 790. The molecule has 118 valence electrons. The molecule has 1 amide bonds. The second-order valence-electron chi connectivity index (χ2n) is 4.63. The summed E-state index contributed by atoms with van der Waals surface area (Å²) in [6, 6.07) is 9.24. The van der Waals surface area contributed by atoms with Gasteiger partial charge in [0, 0.05) is 6.07 Å². The van der Waals surface area contributed by atoms with E-state index in [1.165, 1.54) is 19.2 Å². The lowest BCUT2D eigenvalue weighted by Gasteiger charge is -2.10. The maximum Gasteiger partial charge on any atom is 0.286 e. The number of nitro groups is 1. The van der Waals surface area contributed by atoms with Crippen molar-refractivity contribution in [3.05, 3.63) is 52.1 Å². The Morgan fingerprint density at radius 2 is 1.96 bits per heavy atom. The number of methoxy groups -OCH3 is 1. The molecule has 8 nitrogen and oxygen atoms in total. The van der Waals surface area contributed by atoms with Crippen molar-refractivity contribution in [3.63, 3.8) is 0 Å². The van der Waals surface area contributed by atoms with Gasteiger partial charge in [0.05, 0.1) is 23.8 Å². The molecule has 0 atom stereocenters. The first-order valence-electron chi connectivity index (χ1n) is 6.62. The molecule has 2 aromatic rings. The minimum atomic E-state index is -0.640. The molecule has 8 heteroatoms. The van der Waals surface area contributed by atoms with Crippen molar-refractivity contribution in [2.75, 3.05) is 19.2 Å². The van der Waals surface area contributed by atoms with E-state index in [1.807, 2.05) is 0 Å². The van der Waals surface area contributed by atoms with Crippen LogP contribution in [0.15, 0.2) is 36.4 Å². The van der Waals surface area contributed by atoms with E-state index < -0.39 is 10.8 Å². The van der Waals surface area contributed by atoms with Gasteiger partial charge in [0.25, 0.3) is 11.6 Å². The Labute approximate surface area is 130 Å². The van der Waals surface area contributed by atoms with Crippen LogP contribution in [0, 0.1) is 10.1 Å². The van der Waals surface area contributed by atoms with E-state index in [0.29, 0.717) is 17.2 Å². The Hall–Kier alpha value is -3.29. The number of fused-ring (bicyclic) bond motifs is 1. The quantitative estimate of drug-likeness (QED) is 0.687. The molecule has 3 rings (SSSR count). The van der Waals surface area contributed by atoms with Crippen molar-refractivity contribution in [2.24, 2.45) is 0 Å². The van der Waals surface area contributed by atoms with Crippen LogP contribution in [0.2, 0.25) is 0 Å². The molecule has 0 aromatic heterocycles. The predicted molar refractivity (Wildman–Crippen MR) is 80.2 cm³/mol. The lowest BCUT2D eigenvalue weighted by atomic mass is 10.1. The summed E-state index contributed by atoms with van der Waals surface area (Å²) in [6.45, 7) is -0.0376. The first kappa shape index (κ1) is 14.6. The summed E-state index contributed by atoms with van der Waals surface area (Å²) in [5, 5.41) is 13.8. The number of ether oxygens (including phenoxy) is 3. The topological polar surface area (TPSA) is 99.9 Å². The van der Waals surface area contributed by atoms with E-state index >= 15 is 0 Å². The van der Waals surface area contributed by atoms with E-state index in [0.717, 1.165) is 0 Å². The fourth-order valence-electron chi connectivity index (χ4n) is 2.20. The van der Waals surface area contributed by atoms with Gasteiger partial charge in [-0.15, -0.1) is 0 Å². The Balaban J connectivity index is 1.97. The normalized spacial score (nSPS) is 11.9. The fraction of sp³-hybridized carbons (Fsp3) is 0.133. The second kappa shape index (κ2) is 5.84. The zero-order valence-corrected chi connectivity index (χ0v) is 12.1. The van der Waals surface area contributed by atoms with Gasteiger partial charge in [-0.05, 0) is 12.1 Å². The van der Waals surface area contributed by atoms with Crippen LogP contribution in [0.5, 0.6) is 17.2 Å². The van der Waals surface area contributed by atoms with Crippen LogP contribution in [0.3, 0.4) is 0 Å². The van der Waals surface area contributed by atoms with Crippen molar-refractivity contribution < 1.29 is 23.9 Å². The smallest absolute Gasteiger partial charge is 0.286 e. The lowest BCUT2D eigenvalue weighted by Crippen LogP contribution is -2.14. The van der Waals surface area contributed by atoms with Crippen molar-refractivity contribution in [2.45, 2.75) is 0 Å². The molecule has 0 bridgehead atoms. The van der Waals surface area contributed by atoms with Gasteiger partial charge in [-0.3, -0.25) is 14.9 Å². The van der Waals surface area contributed by atoms with Crippen molar-refractivity contribution in [1.82, 2.24) is 0 Å². The molecule has 2 aromatic carbocycles. The van der Waals surface area contributed by atoms with Gasteiger partial charge in [0.2, 0.25) is 6.79 Å². The number of carbonyl (C=O) groups is 1. The summed E-state index contributed by atoms with van der Waals surface area (Å²) in [5.41, 5.74) is -0.0706. The average Bonchev–Trinajstić information content (AvgIpc) is 3.01. The van der Waals surface area contributed by atoms with Crippen LogP contribution in [-0.2, 0) is 0 Å². The summed E-state index contributed by atoms with van der Waals surface area (Å²) in [5.74, 6) is 0.343. The molecule has 0 aliphatic carbocycles. The number of benzene rings is 2. The number of carbonyl (C=O) groups excluding carboxylic acids is 1. The van der Waals surface area contributed by atoms with E-state index in [4.69, 9.17) is 14.2 Å². The van der Waals surface area contributed by atoms with E-state index in [-0.39, 0.29) is 23.8 Å². The monoisotopic (exact) mass is 316 g/mol. The Morgan fingerprint density at radius 3 is 2.65 bits per heavy atom. The maximum atomic E-state index is 12.4. The molecular formula is C15H12N2O6. The van der Waals surface area contributed by atoms with Crippen LogP contribution in [0.1, 0.15) is 10.4 Å². The number of hydrogen-bond acceptors (Lipinski definition) is 6. The molecule has 23 heavy (non-hydrogen) atoms. The van der Waals surface area contributed by atoms with Crippen LogP contribution in [0.25, 0.3) is 0 Å². The molecule has 0 saturated heterocycles. The Morgan fingerprint density at radius 1 is 1.26 bits per heavy atom. The number of nitrogens with one attached hydrogen (secondary N) is 1. The first-order chi connectivity index (χ1) is 11.1. The second-order valence-corrected chi connectivity index (χ2v) is 4.63. The summed E-state index contributed by atoms with van der Waals surface area (Å²) < 4.78 is 15.4. The van der Waals surface area contributed by atoms with Gasteiger partial charge in [-0.25, -0.2) is 0 Å². The number of amides is 1. The molecule has 0 spiro atoms. The molecule has 0 saturated carbocycles. The number of nitrogens with zero attached hydrogens (tertiary/aromatic N) is 1. The highest BCUT2D eigenvalue weighted by molar-refractivity contribution is 6.08. The van der Waals surface area contributed by atoms with Gasteiger partial charge >= 0.3 is 0 Å². The molecule has 1 aliphatic rings. The molecule has 0 radical (unpaired) electrons. The lowest BCUT2D eigenvalue weighted by molar-refractivity contribution is -0.385. The molecular weight excluding hydrogens is 304 g/mol. The van der Waals surface area contributed by atoms with Crippen LogP contribution < -0.4 is 19.5 Å². The number of nitro benzene ring substituents is 1. The van der Waals surface area contributed by atoms with E-state index in [9.17, 15) is 14.9 Å². The number of anilines is 1. The van der Waals surface area contributed by atoms with Crippen LogP contribution >= 0.6 is 0 Å². The summed E-state index contributed by atoms with van der Waals surface area (Å²) in [6.07, 6.45) is 0. The van der Waals surface area contributed by atoms with Gasteiger partial charge in [-0.1, -0.05) is 12.1 Å². The van der Waals surface area contributed by atoms with Gasteiger partial charge in [-0.2, -0.15) is 0 Å². The number of para-hydroxylation sites is 2. The van der Waals surface area contributed by atoms with Crippen molar-refractivity contribution >= 4 is 17.3 Å².